The Morgan fingerprint density at radius 2 is 1.93 bits per heavy atom. The lowest BCUT2D eigenvalue weighted by atomic mass is 9.94. The summed E-state index contributed by atoms with van der Waals surface area (Å²) in [4.78, 5) is 25.5. The van der Waals surface area contributed by atoms with Crippen LogP contribution in [0, 0.1) is 0 Å². The van der Waals surface area contributed by atoms with Gasteiger partial charge in [0.05, 0.1) is 30.3 Å². The van der Waals surface area contributed by atoms with E-state index in [4.69, 9.17) is 9.47 Å². The molecule has 6 nitrogen and oxygen atoms in total. The van der Waals surface area contributed by atoms with Crippen molar-refractivity contribution in [2.75, 3.05) is 19.5 Å². The molecule has 142 valence electrons. The number of anilines is 1. The average molecular weight is 394 g/mol. The van der Waals surface area contributed by atoms with Crippen LogP contribution in [0.2, 0.25) is 0 Å². The number of carbonyl (C=O) groups excluding carboxylic acids is 2. The van der Waals surface area contributed by atoms with Gasteiger partial charge >= 0.3 is 0 Å². The van der Waals surface area contributed by atoms with Gasteiger partial charge in [-0.3, -0.25) is 9.59 Å². The normalized spacial score (nSPS) is 12.3. The van der Waals surface area contributed by atoms with E-state index >= 15 is 0 Å². The van der Waals surface area contributed by atoms with Crippen LogP contribution in [0.1, 0.15) is 25.6 Å². The van der Waals surface area contributed by atoms with Gasteiger partial charge in [-0.1, -0.05) is 24.3 Å². The molecule has 0 bridgehead atoms. The molecular formula is C21H18N2O4S. The number of benzene rings is 2. The van der Waals surface area contributed by atoms with Crippen LogP contribution in [0.15, 0.2) is 47.8 Å². The minimum atomic E-state index is -0.233. The predicted molar refractivity (Wildman–Crippen MR) is 108 cm³/mol. The number of carbonyl (C=O) groups is 2. The number of nitrogens with one attached hydrogen (secondary N) is 2. The quantitative estimate of drug-likeness (QED) is 0.688. The SMILES string of the molecule is COc1cccc(-c2ccc(NC(=O)c3cccs3)c3c2CNC3=O)c1OC. The molecule has 1 aliphatic rings. The largest absolute Gasteiger partial charge is 0.493 e. The van der Waals surface area contributed by atoms with Gasteiger partial charge in [-0.15, -0.1) is 11.3 Å². The second kappa shape index (κ2) is 7.36. The maximum Gasteiger partial charge on any atom is 0.265 e. The molecule has 0 spiro atoms. The van der Waals surface area contributed by atoms with Crippen molar-refractivity contribution in [2.45, 2.75) is 6.54 Å². The summed E-state index contributed by atoms with van der Waals surface area (Å²) in [6.07, 6.45) is 0. The Balaban J connectivity index is 1.81. The summed E-state index contributed by atoms with van der Waals surface area (Å²) in [5.41, 5.74) is 3.48. The highest BCUT2D eigenvalue weighted by atomic mass is 32.1. The molecule has 0 unspecified atom stereocenters. The molecule has 3 aromatic rings. The number of fused-ring (bicyclic) bond motifs is 1. The van der Waals surface area contributed by atoms with E-state index in [1.54, 1.807) is 26.4 Å². The van der Waals surface area contributed by atoms with Crippen LogP contribution in [-0.4, -0.2) is 26.0 Å². The summed E-state index contributed by atoms with van der Waals surface area (Å²) in [6, 6.07) is 12.8. The highest BCUT2D eigenvalue weighted by molar-refractivity contribution is 7.12. The Morgan fingerprint density at radius 3 is 2.64 bits per heavy atom. The number of hydrogen-bond donors (Lipinski definition) is 2. The number of amides is 2. The van der Waals surface area contributed by atoms with Crippen molar-refractivity contribution in [1.82, 2.24) is 5.32 Å². The zero-order valence-corrected chi connectivity index (χ0v) is 16.2. The van der Waals surface area contributed by atoms with E-state index in [0.717, 1.165) is 16.7 Å². The molecule has 7 heteroatoms. The fourth-order valence-corrected chi connectivity index (χ4v) is 4.01. The fraction of sp³-hybridized carbons (Fsp3) is 0.143. The molecule has 1 aromatic heterocycles. The van der Waals surface area contributed by atoms with Crippen LogP contribution in [0.5, 0.6) is 11.5 Å². The number of rotatable bonds is 5. The van der Waals surface area contributed by atoms with Gasteiger partial charge in [0.25, 0.3) is 11.8 Å². The van der Waals surface area contributed by atoms with Crippen LogP contribution in [0.4, 0.5) is 5.69 Å². The van der Waals surface area contributed by atoms with E-state index in [0.29, 0.717) is 34.2 Å². The molecule has 1 aliphatic heterocycles. The van der Waals surface area contributed by atoms with Crippen LogP contribution in [0.3, 0.4) is 0 Å². The molecule has 4 rings (SSSR count). The van der Waals surface area contributed by atoms with Crippen LogP contribution in [0.25, 0.3) is 11.1 Å². The zero-order valence-electron chi connectivity index (χ0n) is 15.4. The second-order valence-electron chi connectivity index (χ2n) is 6.17. The van der Waals surface area contributed by atoms with Gasteiger partial charge in [0.2, 0.25) is 0 Å². The molecule has 0 saturated carbocycles. The lowest BCUT2D eigenvalue weighted by molar-refractivity contribution is 0.0966. The molecule has 0 aliphatic carbocycles. The zero-order chi connectivity index (χ0) is 19.7. The molecule has 2 N–H and O–H groups in total. The van der Waals surface area contributed by atoms with E-state index in [1.807, 2.05) is 35.7 Å². The summed E-state index contributed by atoms with van der Waals surface area (Å²) >= 11 is 1.35. The number of methoxy groups -OCH3 is 2. The average Bonchev–Trinajstić information content (AvgIpc) is 3.38. The molecule has 0 atom stereocenters. The maximum atomic E-state index is 12.5. The van der Waals surface area contributed by atoms with Gasteiger partial charge in [-0.05, 0) is 34.7 Å². The Bertz CT molecular complexity index is 1060. The molecule has 0 fully saturated rings. The molecule has 28 heavy (non-hydrogen) atoms. The minimum Gasteiger partial charge on any atom is -0.493 e. The van der Waals surface area contributed by atoms with Gasteiger partial charge in [-0.2, -0.15) is 0 Å². The molecule has 2 aromatic carbocycles. The van der Waals surface area contributed by atoms with Crippen LogP contribution in [-0.2, 0) is 6.54 Å². The summed E-state index contributed by atoms with van der Waals surface area (Å²) in [5.74, 6) is 0.770. The molecule has 0 saturated heterocycles. The van der Waals surface area contributed by atoms with E-state index in [-0.39, 0.29) is 11.8 Å². The van der Waals surface area contributed by atoms with Gasteiger partial charge < -0.3 is 20.1 Å². The molecule has 0 radical (unpaired) electrons. The highest BCUT2D eigenvalue weighted by Crippen LogP contribution is 2.42. The van der Waals surface area contributed by atoms with Crippen LogP contribution < -0.4 is 20.1 Å². The first kappa shape index (κ1) is 18.1. The fourth-order valence-electron chi connectivity index (χ4n) is 3.40. The maximum absolute atomic E-state index is 12.5. The summed E-state index contributed by atoms with van der Waals surface area (Å²) in [7, 11) is 3.17. The predicted octanol–water partition coefficient (Wildman–Crippen LogP) is 3.93. The van der Waals surface area contributed by atoms with Crippen LogP contribution >= 0.6 is 11.3 Å². The van der Waals surface area contributed by atoms with Crippen molar-refractivity contribution in [1.29, 1.82) is 0 Å². The van der Waals surface area contributed by atoms with E-state index in [1.165, 1.54) is 11.3 Å². The first-order valence-electron chi connectivity index (χ1n) is 8.64. The Labute approximate surface area is 166 Å². The van der Waals surface area contributed by atoms with E-state index in [9.17, 15) is 9.59 Å². The third-order valence-electron chi connectivity index (χ3n) is 4.65. The smallest absolute Gasteiger partial charge is 0.265 e. The molecular weight excluding hydrogens is 376 g/mol. The molecule has 2 heterocycles. The summed E-state index contributed by atoms with van der Waals surface area (Å²) < 4.78 is 10.9. The topological polar surface area (TPSA) is 76.7 Å². The van der Waals surface area contributed by atoms with Crippen molar-refractivity contribution in [3.63, 3.8) is 0 Å². The van der Waals surface area contributed by atoms with E-state index < -0.39 is 0 Å². The Hall–Kier alpha value is -3.32. The Kier molecular flexibility index (Phi) is 4.75. The summed E-state index contributed by atoms with van der Waals surface area (Å²) in [5, 5.41) is 7.55. The van der Waals surface area contributed by atoms with Crippen molar-refractivity contribution in [3.05, 3.63) is 63.8 Å². The summed E-state index contributed by atoms with van der Waals surface area (Å²) in [6.45, 7) is 0.382. The van der Waals surface area contributed by atoms with Crippen molar-refractivity contribution < 1.29 is 19.1 Å². The van der Waals surface area contributed by atoms with Gasteiger partial charge in [-0.25, -0.2) is 0 Å². The number of ether oxygens (including phenoxy) is 2. The minimum absolute atomic E-state index is 0.208. The standard InChI is InChI=1S/C21H18N2O4S/c1-26-16-6-3-5-13(19(16)27-2)12-8-9-15(18-14(12)11-22-21(18)25)23-20(24)17-7-4-10-28-17/h3-10H,11H2,1-2H3,(H,22,25)(H,23,24). The second-order valence-corrected chi connectivity index (χ2v) is 7.12. The van der Waals surface area contributed by atoms with Gasteiger partial charge in [0.15, 0.2) is 11.5 Å². The van der Waals surface area contributed by atoms with Crippen molar-refractivity contribution in [2.24, 2.45) is 0 Å². The monoisotopic (exact) mass is 394 g/mol. The van der Waals surface area contributed by atoms with Crippen molar-refractivity contribution in [3.8, 4) is 22.6 Å². The third kappa shape index (κ3) is 2.99. The lowest BCUT2D eigenvalue weighted by Gasteiger charge is -2.16. The highest BCUT2D eigenvalue weighted by Gasteiger charge is 2.28. The number of thiophene rings is 1. The van der Waals surface area contributed by atoms with Gasteiger partial charge in [0, 0.05) is 12.1 Å². The number of para-hydroxylation sites is 1. The molecule has 2 amide bonds. The number of hydrogen-bond acceptors (Lipinski definition) is 5. The first-order chi connectivity index (χ1) is 13.6. The van der Waals surface area contributed by atoms with Crippen molar-refractivity contribution >= 4 is 28.8 Å². The van der Waals surface area contributed by atoms with Gasteiger partial charge in [0.1, 0.15) is 0 Å². The third-order valence-corrected chi connectivity index (χ3v) is 5.52. The Morgan fingerprint density at radius 1 is 1.07 bits per heavy atom. The lowest BCUT2D eigenvalue weighted by Crippen LogP contribution is -2.16. The van der Waals surface area contributed by atoms with E-state index in [2.05, 4.69) is 10.6 Å². The first-order valence-corrected chi connectivity index (χ1v) is 9.52.